The van der Waals surface area contributed by atoms with Gasteiger partial charge in [0.2, 0.25) is 11.8 Å². The van der Waals surface area contributed by atoms with E-state index in [1.807, 2.05) is 30.3 Å². The molecule has 0 saturated heterocycles. The molecule has 1 aromatic carbocycles. The molecular weight excluding hydrogens is 304 g/mol. The summed E-state index contributed by atoms with van der Waals surface area (Å²) in [4.78, 5) is 16.1. The summed E-state index contributed by atoms with van der Waals surface area (Å²) in [6.45, 7) is 3.89. The number of carbonyl (C=O) groups is 1. The maximum atomic E-state index is 11.8. The lowest BCUT2D eigenvalue weighted by Crippen LogP contribution is -2.35. The SMILES string of the molecule is CC(CN)C(=O)NC(C)c1nc(Cc2ccccc2)no1.Cl. The van der Waals surface area contributed by atoms with Crippen molar-refractivity contribution in [2.24, 2.45) is 11.7 Å². The number of rotatable bonds is 6. The van der Waals surface area contributed by atoms with Crippen LogP contribution in [0.5, 0.6) is 0 Å². The molecule has 120 valence electrons. The molecule has 2 rings (SSSR count). The van der Waals surface area contributed by atoms with E-state index >= 15 is 0 Å². The molecule has 0 aliphatic rings. The van der Waals surface area contributed by atoms with E-state index in [9.17, 15) is 4.79 Å². The quantitative estimate of drug-likeness (QED) is 0.845. The lowest BCUT2D eigenvalue weighted by molar-refractivity contribution is -0.125. The number of nitrogens with one attached hydrogen (secondary N) is 1. The average Bonchev–Trinajstić information content (AvgIpc) is 2.96. The Kier molecular flexibility index (Phi) is 7.01. The number of nitrogens with two attached hydrogens (primary N) is 1. The first-order valence-corrected chi connectivity index (χ1v) is 6.97. The van der Waals surface area contributed by atoms with E-state index in [-0.39, 0.29) is 30.3 Å². The molecule has 0 fully saturated rings. The Bertz CT molecular complexity index is 588. The van der Waals surface area contributed by atoms with E-state index in [0.29, 0.717) is 24.7 Å². The zero-order valence-electron chi connectivity index (χ0n) is 12.7. The fourth-order valence-electron chi connectivity index (χ4n) is 1.82. The molecule has 7 heteroatoms. The van der Waals surface area contributed by atoms with Crippen molar-refractivity contribution in [2.45, 2.75) is 26.3 Å². The molecule has 22 heavy (non-hydrogen) atoms. The van der Waals surface area contributed by atoms with E-state index in [1.54, 1.807) is 13.8 Å². The van der Waals surface area contributed by atoms with Gasteiger partial charge in [-0.3, -0.25) is 4.79 Å². The van der Waals surface area contributed by atoms with Gasteiger partial charge in [-0.15, -0.1) is 12.4 Å². The number of nitrogens with zero attached hydrogens (tertiary/aromatic N) is 2. The molecule has 1 aromatic heterocycles. The van der Waals surface area contributed by atoms with E-state index in [1.165, 1.54) is 0 Å². The van der Waals surface area contributed by atoms with Gasteiger partial charge in [-0.05, 0) is 12.5 Å². The number of halogens is 1. The Morgan fingerprint density at radius 3 is 2.64 bits per heavy atom. The van der Waals surface area contributed by atoms with Crippen molar-refractivity contribution >= 4 is 18.3 Å². The van der Waals surface area contributed by atoms with Gasteiger partial charge in [0.25, 0.3) is 0 Å². The third-order valence-electron chi connectivity index (χ3n) is 3.22. The summed E-state index contributed by atoms with van der Waals surface area (Å²) in [5.74, 6) is 0.648. The van der Waals surface area contributed by atoms with Crippen molar-refractivity contribution in [3.8, 4) is 0 Å². The van der Waals surface area contributed by atoms with Crippen molar-refractivity contribution in [3.63, 3.8) is 0 Å². The van der Waals surface area contributed by atoms with Crippen molar-refractivity contribution in [2.75, 3.05) is 6.54 Å². The number of aromatic nitrogens is 2. The second-order valence-corrected chi connectivity index (χ2v) is 5.08. The van der Waals surface area contributed by atoms with Crippen LogP contribution in [0.2, 0.25) is 0 Å². The predicted octanol–water partition coefficient (Wildman–Crippen LogP) is 1.85. The Morgan fingerprint density at radius 2 is 2.00 bits per heavy atom. The van der Waals surface area contributed by atoms with Gasteiger partial charge in [-0.2, -0.15) is 4.98 Å². The van der Waals surface area contributed by atoms with Gasteiger partial charge in [0.05, 0.1) is 0 Å². The molecular formula is C15H21ClN4O2. The fourth-order valence-corrected chi connectivity index (χ4v) is 1.82. The zero-order chi connectivity index (χ0) is 15.2. The number of hydrogen-bond donors (Lipinski definition) is 2. The summed E-state index contributed by atoms with van der Waals surface area (Å²) in [6, 6.07) is 9.57. The van der Waals surface area contributed by atoms with E-state index in [4.69, 9.17) is 10.3 Å². The van der Waals surface area contributed by atoms with Gasteiger partial charge >= 0.3 is 0 Å². The lowest BCUT2D eigenvalue weighted by atomic mass is 10.1. The van der Waals surface area contributed by atoms with Gasteiger partial charge in [-0.1, -0.05) is 42.4 Å². The maximum absolute atomic E-state index is 11.8. The highest BCUT2D eigenvalue weighted by molar-refractivity contribution is 5.85. The Labute approximate surface area is 135 Å². The van der Waals surface area contributed by atoms with Crippen molar-refractivity contribution in [3.05, 3.63) is 47.6 Å². The summed E-state index contributed by atoms with van der Waals surface area (Å²) < 4.78 is 5.21. The minimum Gasteiger partial charge on any atom is -0.344 e. The molecule has 0 bridgehead atoms. The molecule has 6 nitrogen and oxygen atoms in total. The van der Waals surface area contributed by atoms with Crippen LogP contribution < -0.4 is 11.1 Å². The van der Waals surface area contributed by atoms with Crippen molar-refractivity contribution < 1.29 is 9.32 Å². The van der Waals surface area contributed by atoms with Crippen molar-refractivity contribution in [1.82, 2.24) is 15.5 Å². The molecule has 3 N–H and O–H groups in total. The van der Waals surface area contributed by atoms with Gasteiger partial charge in [0, 0.05) is 18.9 Å². The molecule has 1 amide bonds. The normalized spacial score (nSPS) is 13.0. The molecule has 0 radical (unpaired) electrons. The van der Waals surface area contributed by atoms with Crippen LogP contribution in [0.15, 0.2) is 34.9 Å². The predicted molar refractivity (Wildman–Crippen MR) is 85.6 cm³/mol. The van der Waals surface area contributed by atoms with E-state index in [2.05, 4.69) is 15.5 Å². The van der Waals surface area contributed by atoms with E-state index in [0.717, 1.165) is 5.56 Å². The molecule has 0 aliphatic heterocycles. The second-order valence-electron chi connectivity index (χ2n) is 5.08. The first-order chi connectivity index (χ1) is 10.1. The minimum atomic E-state index is -0.330. The third kappa shape index (κ3) is 4.82. The number of amides is 1. The largest absolute Gasteiger partial charge is 0.344 e. The summed E-state index contributed by atoms with van der Waals surface area (Å²) in [5, 5.41) is 6.75. The molecule has 2 aromatic rings. The highest BCUT2D eigenvalue weighted by atomic mass is 35.5. The number of carbonyl (C=O) groups excluding carboxylic acids is 1. The maximum Gasteiger partial charge on any atom is 0.248 e. The second kappa shape index (κ2) is 8.51. The number of hydrogen-bond acceptors (Lipinski definition) is 5. The highest BCUT2D eigenvalue weighted by Crippen LogP contribution is 2.12. The third-order valence-corrected chi connectivity index (χ3v) is 3.22. The van der Waals surface area contributed by atoms with Crippen LogP contribution in [0, 0.1) is 5.92 Å². The molecule has 2 atom stereocenters. The van der Waals surface area contributed by atoms with Crippen molar-refractivity contribution in [1.29, 1.82) is 0 Å². The van der Waals surface area contributed by atoms with Gasteiger partial charge in [0.15, 0.2) is 5.82 Å². The molecule has 0 spiro atoms. The summed E-state index contributed by atoms with van der Waals surface area (Å²) in [5.41, 5.74) is 6.57. The van der Waals surface area contributed by atoms with Crippen LogP contribution in [-0.2, 0) is 11.2 Å². The first kappa shape index (κ1) is 18.1. The van der Waals surface area contributed by atoms with Crippen LogP contribution in [0.1, 0.15) is 37.2 Å². The Balaban J connectivity index is 0.00000242. The topological polar surface area (TPSA) is 94.0 Å². The Morgan fingerprint density at radius 1 is 1.32 bits per heavy atom. The van der Waals surface area contributed by atoms with Crippen LogP contribution in [0.4, 0.5) is 0 Å². The molecule has 0 saturated carbocycles. The first-order valence-electron chi connectivity index (χ1n) is 6.97. The average molecular weight is 325 g/mol. The van der Waals surface area contributed by atoms with Crippen LogP contribution in [0.25, 0.3) is 0 Å². The van der Waals surface area contributed by atoms with E-state index < -0.39 is 0 Å². The Hall–Kier alpha value is -1.92. The summed E-state index contributed by atoms with van der Waals surface area (Å²) in [7, 11) is 0. The monoisotopic (exact) mass is 324 g/mol. The standard InChI is InChI=1S/C15H20N4O2.ClH/c1-10(9-16)14(20)17-11(2)15-18-13(19-21-15)8-12-6-4-3-5-7-12;/h3-7,10-11H,8-9,16H2,1-2H3,(H,17,20);1H. The highest BCUT2D eigenvalue weighted by Gasteiger charge is 2.19. The lowest BCUT2D eigenvalue weighted by Gasteiger charge is -2.13. The summed E-state index contributed by atoms with van der Waals surface area (Å²) >= 11 is 0. The minimum absolute atomic E-state index is 0. The van der Waals surface area contributed by atoms with Crippen LogP contribution in [0.3, 0.4) is 0 Å². The molecule has 1 heterocycles. The van der Waals surface area contributed by atoms with Gasteiger partial charge in [0.1, 0.15) is 6.04 Å². The molecule has 0 aliphatic carbocycles. The smallest absolute Gasteiger partial charge is 0.248 e. The fraction of sp³-hybridized carbons (Fsp3) is 0.400. The molecule has 2 unspecified atom stereocenters. The van der Waals surface area contributed by atoms with Gasteiger partial charge < -0.3 is 15.6 Å². The van der Waals surface area contributed by atoms with Gasteiger partial charge in [-0.25, -0.2) is 0 Å². The number of benzene rings is 1. The zero-order valence-corrected chi connectivity index (χ0v) is 13.5. The van der Waals surface area contributed by atoms with Crippen LogP contribution >= 0.6 is 12.4 Å². The van der Waals surface area contributed by atoms with Crippen LogP contribution in [-0.4, -0.2) is 22.6 Å². The summed E-state index contributed by atoms with van der Waals surface area (Å²) in [6.07, 6.45) is 0.601.